The number of hydrogen-bond donors (Lipinski definition) is 0. The van der Waals surface area contributed by atoms with E-state index < -0.39 is 0 Å². The molecule has 0 N–H and O–H groups in total. The van der Waals surface area contributed by atoms with Crippen LogP contribution in [0, 0.1) is 0 Å². The molecule has 0 aliphatic carbocycles. The Labute approximate surface area is 137 Å². The first-order valence-electron chi connectivity index (χ1n) is 7.29. The molecule has 7 heteroatoms. The van der Waals surface area contributed by atoms with E-state index in [1.165, 1.54) is 0 Å². The maximum Gasteiger partial charge on any atom is 0.248 e. The van der Waals surface area contributed by atoms with Gasteiger partial charge in [-0.2, -0.15) is 11.3 Å². The Bertz CT molecular complexity index is 749. The van der Waals surface area contributed by atoms with Gasteiger partial charge in [-0.25, -0.2) is 0 Å². The molecule has 0 bridgehead atoms. The highest BCUT2D eigenvalue weighted by atomic mass is 32.1. The molecule has 3 heterocycles. The van der Waals surface area contributed by atoms with Gasteiger partial charge in [0.05, 0.1) is 12.3 Å². The van der Waals surface area contributed by atoms with Crippen LogP contribution in [0.15, 0.2) is 44.1 Å². The zero-order valence-electron chi connectivity index (χ0n) is 12.9. The van der Waals surface area contributed by atoms with Crippen molar-refractivity contribution in [2.45, 2.75) is 25.8 Å². The van der Waals surface area contributed by atoms with E-state index in [1.807, 2.05) is 35.9 Å². The molecule has 6 nitrogen and oxygen atoms in total. The number of rotatable bonds is 6. The number of carbonyl (C=O) groups excluding carboxylic acids is 1. The molecule has 1 amide bonds. The second-order valence-corrected chi connectivity index (χ2v) is 5.99. The summed E-state index contributed by atoms with van der Waals surface area (Å²) in [6, 6.07) is 5.49. The van der Waals surface area contributed by atoms with Gasteiger partial charge in [0, 0.05) is 30.8 Å². The van der Waals surface area contributed by atoms with Crippen LogP contribution < -0.4 is 0 Å². The SMILES string of the molecule is CC(c1ccco1)N(C)C(=O)CCc1nnc(-c2ccsc2)o1. The molecule has 0 spiro atoms. The smallest absolute Gasteiger partial charge is 0.248 e. The minimum atomic E-state index is -0.110. The second-order valence-electron chi connectivity index (χ2n) is 5.21. The third-order valence-electron chi connectivity index (χ3n) is 3.72. The highest BCUT2D eigenvalue weighted by Crippen LogP contribution is 2.22. The van der Waals surface area contributed by atoms with E-state index in [0.29, 0.717) is 24.6 Å². The lowest BCUT2D eigenvalue weighted by atomic mass is 10.2. The summed E-state index contributed by atoms with van der Waals surface area (Å²) in [4.78, 5) is 13.9. The molecular weight excluding hydrogens is 314 g/mol. The molecule has 0 saturated carbocycles. The van der Waals surface area contributed by atoms with Gasteiger partial charge in [0.25, 0.3) is 0 Å². The van der Waals surface area contributed by atoms with Crippen molar-refractivity contribution in [2.75, 3.05) is 7.05 Å². The van der Waals surface area contributed by atoms with E-state index in [1.54, 1.807) is 29.5 Å². The minimum Gasteiger partial charge on any atom is -0.467 e. The van der Waals surface area contributed by atoms with Gasteiger partial charge in [0.15, 0.2) is 0 Å². The molecule has 3 rings (SSSR count). The predicted molar refractivity (Wildman–Crippen MR) is 85.8 cm³/mol. The third-order valence-corrected chi connectivity index (χ3v) is 4.40. The number of aryl methyl sites for hydroxylation is 1. The van der Waals surface area contributed by atoms with Crippen molar-refractivity contribution in [3.63, 3.8) is 0 Å². The third kappa shape index (κ3) is 3.50. The van der Waals surface area contributed by atoms with Crippen molar-refractivity contribution in [1.29, 1.82) is 0 Å². The highest BCUT2D eigenvalue weighted by molar-refractivity contribution is 7.08. The molecule has 3 aromatic rings. The summed E-state index contributed by atoms with van der Waals surface area (Å²) in [6.07, 6.45) is 2.34. The molecule has 0 saturated heterocycles. The average molecular weight is 331 g/mol. The van der Waals surface area contributed by atoms with Crippen LogP contribution in [0.3, 0.4) is 0 Å². The number of nitrogens with zero attached hydrogens (tertiary/aromatic N) is 3. The van der Waals surface area contributed by atoms with E-state index in [2.05, 4.69) is 10.2 Å². The van der Waals surface area contributed by atoms with E-state index >= 15 is 0 Å². The van der Waals surface area contributed by atoms with Crippen molar-refractivity contribution >= 4 is 17.2 Å². The standard InChI is InChI=1S/C16H17N3O3S/c1-11(13-4-3-8-21-13)19(2)15(20)6-5-14-17-18-16(22-14)12-7-9-23-10-12/h3-4,7-11H,5-6H2,1-2H3. The topological polar surface area (TPSA) is 72.4 Å². The molecule has 0 radical (unpaired) electrons. The Morgan fingerprint density at radius 3 is 2.96 bits per heavy atom. The summed E-state index contributed by atoms with van der Waals surface area (Å²) < 4.78 is 10.9. The number of amides is 1. The van der Waals surface area contributed by atoms with Crippen molar-refractivity contribution in [3.05, 3.63) is 46.9 Å². The van der Waals surface area contributed by atoms with Crippen molar-refractivity contribution < 1.29 is 13.6 Å². The van der Waals surface area contributed by atoms with Crippen LogP contribution >= 0.6 is 11.3 Å². The van der Waals surface area contributed by atoms with Gasteiger partial charge in [0.2, 0.25) is 17.7 Å². The second kappa shape index (κ2) is 6.78. The van der Waals surface area contributed by atoms with Crippen LogP contribution in [0.2, 0.25) is 0 Å². The first kappa shape index (κ1) is 15.5. The number of aromatic nitrogens is 2. The molecule has 120 valence electrons. The van der Waals surface area contributed by atoms with Crippen LogP contribution in [0.25, 0.3) is 11.5 Å². The fraction of sp³-hybridized carbons (Fsp3) is 0.312. The van der Waals surface area contributed by atoms with Gasteiger partial charge in [-0.15, -0.1) is 10.2 Å². The number of hydrogen-bond acceptors (Lipinski definition) is 6. The normalized spacial score (nSPS) is 12.3. The Morgan fingerprint density at radius 2 is 2.26 bits per heavy atom. The molecule has 23 heavy (non-hydrogen) atoms. The van der Waals surface area contributed by atoms with Crippen molar-refractivity contribution in [3.8, 4) is 11.5 Å². The van der Waals surface area contributed by atoms with Gasteiger partial charge in [-0.05, 0) is 30.5 Å². The molecule has 0 aliphatic heterocycles. The Morgan fingerprint density at radius 1 is 1.39 bits per heavy atom. The van der Waals surface area contributed by atoms with Crippen LogP contribution in [0.5, 0.6) is 0 Å². The fourth-order valence-corrected chi connectivity index (χ4v) is 2.81. The first-order chi connectivity index (χ1) is 11.1. The Balaban J connectivity index is 1.56. The molecule has 1 unspecified atom stereocenters. The molecule has 0 aromatic carbocycles. The van der Waals surface area contributed by atoms with Crippen molar-refractivity contribution in [2.24, 2.45) is 0 Å². The lowest BCUT2D eigenvalue weighted by molar-refractivity contribution is -0.132. The van der Waals surface area contributed by atoms with E-state index in [4.69, 9.17) is 8.83 Å². The summed E-state index contributed by atoms with van der Waals surface area (Å²) in [6.45, 7) is 1.93. The first-order valence-corrected chi connectivity index (χ1v) is 8.23. The quantitative estimate of drug-likeness (QED) is 0.691. The van der Waals surface area contributed by atoms with E-state index in [9.17, 15) is 4.79 Å². The number of thiophene rings is 1. The van der Waals surface area contributed by atoms with Gasteiger partial charge >= 0.3 is 0 Å². The molecule has 3 aromatic heterocycles. The lowest BCUT2D eigenvalue weighted by Gasteiger charge is -2.23. The van der Waals surface area contributed by atoms with Gasteiger partial charge in [0.1, 0.15) is 5.76 Å². The van der Waals surface area contributed by atoms with Crippen LogP contribution in [0.4, 0.5) is 0 Å². The van der Waals surface area contributed by atoms with Gasteiger partial charge in [-0.1, -0.05) is 0 Å². The lowest BCUT2D eigenvalue weighted by Crippen LogP contribution is -2.29. The maximum absolute atomic E-state index is 12.3. The van der Waals surface area contributed by atoms with Crippen LogP contribution in [0.1, 0.15) is 31.0 Å². The summed E-state index contributed by atoms with van der Waals surface area (Å²) in [5, 5.41) is 11.9. The molecule has 1 atom stereocenters. The molecule has 0 fully saturated rings. The monoisotopic (exact) mass is 331 g/mol. The number of carbonyl (C=O) groups is 1. The predicted octanol–water partition coefficient (Wildman–Crippen LogP) is 3.54. The molecule has 0 aliphatic rings. The largest absolute Gasteiger partial charge is 0.467 e. The minimum absolute atomic E-state index is 0.00387. The fourth-order valence-electron chi connectivity index (χ4n) is 2.18. The highest BCUT2D eigenvalue weighted by Gasteiger charge is 2.20. The Hall–Kier alpha value is -2.41. The summed E-state index contributed by atoms with van der Waals surface area (Å²) in [7, 11) is 1.76. The van der Waals surface area contributed by atoms with Crippen molar-refractivity contribution in [1.82, 2.24) is 15.1 Å². The summed E-state index contributed by atoms with van der Waals surface area (Å²) in [5.41, 5.74) is 0.906. The zero-order valence-corrected chi connectivity index (χ0v) is 13.7. The van der Waals surface area contributed by atoms with Gasteiger partial charge < -0.3 is 13.7 Å². The summed E-state index contributed by atoms with van der Waals surface area (Å²) in [5.74, 6) is 1.73. The Kier molecular flexibility index (Phi) is 4.57. The average Bonchev–Trinajstić information content (AvgIpc) is 3.32. The van der Waals surface area contributed by atoms with Gasteiger partial charge in [-0.3, -0.25) is 4.79 Å². The number of furan rings is 1. The van der Waals surface area contributed by atoms with Crippen LogP contribution in [-0.2, 0) is 11.2 Å². The zero-order chi connectivity index (χ0) is 16.2. The summed E-state index contributed by atoms with van der Waals surface area (Å²) >= 11 is 1.57. The van der Waals surface area contributed by atoms with E-state index in [-0.39, 0.29) is 11.9 Å². The maximum atomic E-state index is 12.3. The van der Waals surface area contributed by atoms with Crippen LogP contribution in [-0.4, -0.2) is 28.1 Å². The molecular formula is C16H17N3O3S. The van der Waals surface area contributed by atoms with E-state index in [0.717, 1.165) is 11.3 Å².